The van der Waals surface area contributed by atoms with Crippen LogP contribution in [0.25, 0.3) is 16.9 Å². The van der Waals surface area contributed by atoms with E-state index in [-0.39, 0.29) is 0 Å². The molecule has 0 unspecified atom stereocenters. The number of halogens is 1. The highest BCUT2D eigenvalue weighted by Gasteiger charge is 2.23. The van der Waals surface area contributed by atoms with Crippen molar-refractivity contribution >= 4 is 16.8 Å². The zero-order chi connectivity index (χ0) is 14.4. The lowest BCUT2D eigenvalue weighted by Crippen LogP contribution is -1.99. The van der Waals surface area contributed by atoms with Gasteiger partial charge < -0.3 is 0 Å². The molecule has 0 aliphatic heterocycles. The van der Waals surface area contributed by atoms with E-state index in [1.165, 1.54) is 16.7 Å². The number of hydrogen-bond donors (Lipinski definition) is 0. The van der Waals surface area contributed by atoms with Crippen molar-refractivity contribution in [1.29, 1.82) is 0 Å². The summed E-state index contributed by atoms with van der Waals surface area (Å²) in [6, 6.07) is 15.5. The van der Waals surface area contributed by atoms with E-state index in [9.17, 15) is 4.79 Å². The van der Waals surface area contributed by atoms with Gasteiger partial charge in [0.2, 0.25) is 0 Å². The van der Waals surface area contributed by atoms with E-state index >= 15 is 0 Å². The van der Waals surface area contributed by atoms with Gasteiger partial charge in [0, 0.05) is 23.1 Å². The molecule has 4 rings (SSSR count). The largest absolute Gasteiger partial charge is 0.276 e. The Kier molecular flexibility index (Phi) is 2.69. The molecule has 102 valence electrons. The second kappa shape index (κ2) is 4.57. The highest BCUT2D eigenvalue weighted by atomic mass is 35.5. The molecule has 0 bridgehead atoms. The Morgan fingerprint density at radius 2 is 1.81 bits per heavy atom. The van der Waals surface area contributed by atoms with E-state index in [0.29, 0.717) is 5.56 Å². The van der Waals surface area contributed by atoms with E-state index in [0.717, 1.165) is 17.8 Å². The van der Waals surface area contributed by atoms with Gasteiger partial charge in [-0.3, -0.25) is 4.79 Å². The van der Waals surface area contributed by atoms with Crippen LogP contribution >= 0.6 is 11.6 Å². The number of fused-ring (bicyclic) bond motifs is 3. The summed E-state index contributed by atoms with van der Waals surface area (Å²) < 4.78 is 1.92. The van der Waals surface area contributed by atoms with Crippen LogP contribution in [0.4, 0.5) is 0 Å². The third-order valence-corrected chi connectivity index (χ3v) is 4.06. The molecule has 0 fully saturated rings. The van der Waals surface area contributed by atoms with E-state index < -0.39 is 5.24 Å². The molecule has 0 saturated carbocycles. The number of hydrogen-bond acceptors (Lipinski definition) is 2. The first kappa shape index (κ1) is 12.4. The molecule has 4 heteroatoms. The zero-order valence-electron chi connectivity index (χ0n) is 11.1. The number of nitrogens with zero attached hydrogens (tertiary/aromatic N) is 2. The highest BCUT2D eigenvalue weighted by molar-refractivity contribution is 6.67. The molecule has 1 aromatic heterocycles. The Labute approximate surface area is 126 Å². The average molecular weight is 295 g/mol. The van der Waals surface area contributed by atoms with Crippen LogP contribution in [0.15, 0.2) is 54.7 Å². The van der Waals surface area contributed by atoms with Gasteiger partial charge in [-0.15, -0.1) is 0 Å². The molecule has 2 aromatic carbocycles. The summed E-state index contributed by atoms with van der Waals surface area (Å²) in [5.41, 5.74) is 6.33. The number of carbonyl (C=O) groups is 1. The van der Waals surface area contributed by atoms with E-state index in [1.807, 2.05) is 29.1 Å². The number of rotatable bonds is 2. The predicted octanol–water partition coefficient (Wildman–Crippen LogP) is 3.82. The van der Waals surface area contributed by atoms with Gasteiger partial charge in [-0.2, -0.15) is 5.10 Å². The summed E-state index contributed by atoms with van der Waals surface area (Å²) in [6.45, 7) is 0. The minimum atomic E-state index is -0.447. The number of carbonyl (C=O) groups excluding carboxylic acids is 1. The minimum absolute atomic E-state index is 0.447. The third kappa shape index (κ3) is 1.89. The van der Waals surface area contributed by atoms with Crippen molar-refractivity contribution in [3.8, 4) is 16.9 Å². The van der Waals surface area contributed by atoms with Crippen LogP contribution in [-0.2, 0) is 6.42 Å². The molecule has 0 atom stereocenters. The second-order valence-corrected chi connectivity index (χ2v) is 5.43. The molecule has 0 radical (unpaired) electrons. The Hall–Kier alpha value is -2.39. The Morgan fingerprint density at radius 1 is 1.05 bits per heavy atom. The first-order chi connectivity index (χ1) is 10.2. The molecule has 1 heterocycles. The quantitative estimate of drug-likeness (QED) is 0.527. The van der Waals surface area contributed by atoms with Gasteiger partial charge in [-0.25, -0.2) is 4.68 Å². The normalized spacial score (nSPS) is 12.0. The van der Waals surface area contributed by atoms with Gasteiger partial charge in [0.25, 0.3) is 5.24 Å². The average Bonchev–Trinajstić information content (AvgIpc) is 3.06. The number of benzene rings is 2. The van der Waals surface area contributed by atoms with Gasteiger partial charge in [0.15, 0.2) is 0 Å². The molecule has 0 amide bonds. The lowest BCUT2D eigenvalue weighted by atomic mass is 10.1. The molecule has 0 spiro atoms. The van der Waals surface area contributed by atoms with Crippen molar-refractivity contribution in [3.63, 3.8) is 0 Å². The highest BCUT2D eigenvalue weighted by Crippen LogP contribution is 2.37. The van der Waals surface area contributed by atoms with Gasteiger partial charge in [0.05, 0.1) is 17.6 Å². The molecular weight excluding hydrogens is 284 g/mol. The summed E-state index contributed by atoms with van der Waals surface area (Å²) in [5, 5.41) is 4.03. The van der Waals surface area contributed by atoms with E-state index in [1.54, 1.807) is 12.1 Å². The van der Waals surface area contributed by atoms with E-state index in [2.05, 4.69) is 23.3 Å². The summed E-state index contributed by atoms with van der Waals surface area (Å²) >= 11 is 5.48. The summed E-state index contributed by atoms with van der Waals surface area (Å²) in [6.07, 6.45) is 2.83. The van der Waals surface area contributed by atoms with Crippen LogP contribution < -0.4 is 0 Å². The third-order valence-electron chi connectivity index (χ3n) is 3.84. The van der Waals surface area contributed by atoms with Gasteiger partial charge in [-0.1, -0.05) is 24.3 Å². The maximum absolute atomic E-state index is 11.1. The predicted molar refractivity (Wildman–Crippen MR) is 82.0 cm³/mol. The lowest BCUT2D eigenvalue weighted by Gasteiger charge is -2.07. The lowest BCUT2D eigenvalue weighted by molar-refractivity contribution is 0.108. The molecule has 1 aliphatic carbocycles. The van der Waals surface area contributed by atoms with Crippen molar-refractivity contribution in [2.75, 3.05) is 0 Å². The SMILES string of the molecule is O=C(Cl)c1ccc(-n2ncc3c2-c2ccccc2C3)cc1. The second-order valence-electron chi connectivity index (χ2n) is 5.08. The minimum Gasteiger partial charge on any atom is -0.276 e. The van der Waals surface area contributed by atoms with Crippen molar-refractivity contribution in [2.45, 2.75) is 6.42 Å². The Morgan fingerprint density at radius 3 is 2.57 bits per heavy atom. The Bertz CT molecular complexity index is 849. The fourth-order valence-corrected chi connectivity index (χ4v) is 2.96. The summed E-state index contributed by atoms with van der Waals surface area (Å²) in [7, 11) is 0. The standard InChI is InChI=1S/C17H11ClN2O/c18-17(21)11-5-7-14(8-6-11)20-16-13(10-19-20)9-12-3-1-2-4-15(12)16/h1-8,10H,9H2. The van der Waals surface area contributed by atoms with Gasteiger partial charge >= 0.3 is 0 Å². The first-order valence-corrected chi connectivity index (χ1v) is 7.07. The van der Waals surface area contributed by atoms with Crippen molar-refractivity contribution < 1.29 is 4.79 Å². The van der Waals surface area contributed by atoms with Crippen LogP contribution in [0.3, 0.4) is 0 Å². The number of aromatic nitrogens is 2. The maximum atomic E-state index is 11.1. The smallest absolute Gasteiger partial charge is 0.252 e. The van der Waals surface area contributed by atoms with Crippen LogP contribution in [-0.4, -0.2) is 15.0 Å². The molecule has 0 saturated heterocycles. The fourth-order valence-electron chi connectivity index (χ4n) is 2.84. The summed E-state index contributed by atoms with van der Waals surface area (Å²) in [5.74, 6) is 0. The molecule has 3 aromatic rings. The molecule has 0 N–H and O–H groups in total. The molecule has 3 nitrogen and oxygen atoms in total. The van der Waals surface area contributed by atoms with Gasteiger partial charge in [0.1, 0.15) is 0 Å². The van der Waals surface area contributed by atoms with Crippen LogP contribution in [0, 0.1) is 0 Å². The van der Waals surface area contributed by atoms with E-state index in [4.69, 9.17) is 11.6 Å². The molecule has 1 aliphatic rings. The van der Waals surface area contributed by atoms with Crippen molar-refractivity contribution in [2.24, 2.45) is 0 Å². The van der Waals surface area contributed by atoms with Gasteiger partial charge in [-0.05, 0) is 41.4 Å². The van der Waals surface area contributed by atoms with Crippen LogP contribution in [0.1, 0.15) is 21.5 Å². The van der Waals surface area contributed by atoms with Crippen molar-refractivity contribution in [3.05, 3.63) is 71.4 Å². The molecule has 21 heavy (non-hydrogen) atoms. The molecular formula is C17H11ClN2O. The summed E-state index contributed by atoms with van der Waals surface area (Å²) in [4.78, 5) is 11.1. The maximum Gasteiger partial charge on any atom is 0.252 e. The Balaban J connectivity index is 1.84. The monoisotopic (exact) mass is 294 g/mol. The first-order valence-electron chi connectivity index (χ1n) is 6.69. The topological polar surface area (TPSA) is 34.9 Å². The zero-order valence-corrected chi connectivity index (χ0v) is 11.8. The fraction of sp³-hybridized carbons (Fsp3) is 0.0588. The van der Waals surface area contributed by atoms with Crippen molar-refractivity contribution in [1.82, 2.24) is 9.78 Å². The van der Waals surface area contributed by atoms with Crippen LogP contribution in [0.5, 0.6) is 0 Å². The van der Waals surface area contributed by atoms with Crippen LogP contribution in [0.2, 0.25) is 0 Å².